The average Bonchev–Trinajstić information content (AvgIpc) is 3.04. The highest BCUT2D eigenvalue weighted by molar-refractivity contribution is 8.11. The lowest BCUT2D eigenvalue weighted by Gasteiger charge is -2.15. The average molecular weight is 479 g/mol. The van der Waals surface area contributed by atoms with Crippen molar-refractivity contribution in [2.75, 3.05) is 25.1 Å². The number of ketones is 1. The van der Waals surface area contributed by atoms with E-state index in [4.69, 9.17) is 9.47 Å². The quantitative estimate of drug-likeness (QED) is 0.510. The van der Waals surface area contributed by atoms with Gasteiger partial charge in [0.2, 0.25) is 5.88 Å². The molecule has 1 unspecified atom stereocenters. The van der Waals surface area contributed by atoms with Gasteiger partial charge >= 0.3 is 0 Å². The first-order valence-corrected chi connectivity index (χ1v) is 12.7. The zero-order valence-electron chi connectivity index (χ0n) is 19.4. The Balaban J connectivity index is 1.59. The number of hydrogen-bond acceptors (Lipinski definition) is 6. The van der Waals surface area contributed by atoms with Crippen molar-refractivity contribution in [2.45, 2.75) is 39.0 Å². The molecular weight excluding hydrogens is 448 g/mol. The van der Waals surface area contributed by atoms with Crippen molar-refractivity contribution in [2.24, 2.45) is 5.92 Å². The van der Waals surface area contributed by atoms with Crippen molar-refractivity contribution in [1.82, 2.24) is 4.98 Å². The number of para-hydroxylation sites is 1. The number of carbonyl (C=O) groups excluding carboxylic acids is 2. The summed E-state index contributed by atoms with van der Waals surface area (Å²) in [5.74, 6) is 0.476. The normalized spacial score (nSPS) is 20.6. The van der Waals surface area contributed by atoms with E-state index < -0.39 is 0 Å². The number of hydrogen-bond donors (Lipinski definition) is 1. The fourth-order valence-corrected chi connectivity index (χ4v) is 4.99. The molecule has 1 N–H and O–H groups in total. The van der Waals surface area contributed by atoms with Crippen LogP contribution in [0.5, 0.6) is 5.88 Å². The Morgan fingerprint density at radius 3 is 2.85 bits per heavy atom. The van der Waals surface area contributed by atoms with Crippen LogP contribution < -0.4 is 10.1 Å². The molecule has 4 bridgehead atoms. The predicted octanol–water partition coefficient (Wildman–Crippen LogP) is 5.87. The summed E-state index contributed by atoms with van der Waals surface area (Å²) in [6.45, 7) is 3.60. The van der Waals surface area contributed by atoms with Gasteiger partial charge in [-0.2, -0.15) is 0 Å². The summed E-state index contributed by atoms with van der Waals surface area (Å²) in [6.07, 6.45) is 7.64. The number of allylic oxidation sites excluding steroid dienone is 1. The number of aromatic nitrogens is 1. The number of carbonyl (C=O) groups is 2. The molecule has 1 atom stereocenters. The van der Waals surface area contributed by atoms with Gasteiger partial charge in [0.25, 0.3) is 5.91 Å². The second kappa shape index (κ2) is 12.0. The molecule has 2 aliphatic rings. The van der Waals surface area contributed by atoms with Crippen LogP contribution >= 0.6 is 11.8 Å². The van der Waals surface area contributed by atoms with E-state index in [1.54, 1.807) is 18.3 Å². The second-order valence-electron chi connectivity index (χ2n) is 8.47. The van der Waals surface area contributed by atoms with Crippen molar-refractivity contribution in [3.63, 3.8) is 0 Å². The van der Waals surface area contributed by atoms with Gasteiger partial charge in [-0.1, -0.05) is 43.3 Å². The van der Waals surface area contributed by atoms with Crippen LogP contribution in [0.4, 0.5) is 5.69 Å². The minimum absolute atomic E-state index is 0.0421. The highest BCUT2D eigenvalue weighted by Crippen LogP contribution is 2.37. The summed E-state index contributed by atoms with van der Waals surface area (Å²) in [6, 6.07) is 11.1. The highest BCUT2D eigenvalue weighted by atomic mass is 32.2. The minimum Gasteiger partial charge on any atom is -0.475 e. The number of pyridine rings is 1. The Bertz CT molecular complexity index is 1100. The number of amides is 1. The maximum absolute atomic E-state index is 13.2. The van der Waals surface area contributed by atoms with Crippen molar-refractivity contribution in [3.8, 4) is 5.88 Å². The van der Waals surface area contributed by atoms with Gasteiger partial charge in [0.15, 0.2) is 5.78 Å². The molecule has 2 aliphatic heterocycles. The van der Waals surface area contributed by atoms with Gasteiger partial charge in [0, 0.05) is 41.3 Å². The van der Waals surface area contributed by atoms with Gasteiger partial charge < -0.3 is 14.8 Å². The Morgan fingerprint density at radius 2 is 1.94 bits per heavy atom. The van der Waals surface area contributed by atoms with Crippen molar-refractivity contribution >= 4 is 34.0 Å². The van der Waals surface area contributed by atoms with E-state index >= 15 is 0 Å². The maximum Gasteiger partial charge on any atom is 0.252 e. The number of fused-ring (bicyclic) bond motifs is 6. The number of Topliss-reactive ketones (excluding diaryl/α,β-unsaturated/α-hetero) is 1. The van der Waals surface area contributed by atoms with Crippen LogP contribution in [-0.4, -0.2) is 36.5 Å². The van der Waals surface area contributed by atoms with Crippen LogP contribution in [0.3, 0.4) is 0 Å². The third-order valence-corrected chi connectivity index (χ3v) is 6.96. The fraction of sp³-hybridized carbons (Fsp3) is 0.370. The van der Waals surface area contributed by atoms with Crippen LogP contribution in [0.2, 0.25) is 0 Å². The van der Waals surface area contributed by atoms with Gasteiger partial charge in [-0.05, 0) is 54.4 Å². The highest BCUT2D eigenvalue weighted by Gasteiger charge is 2.22. The number of nitrogens with zero attached hydrogens (tertiary/aromatic N) is 1. The smallest absolute Gasteiger partial charge is 0.252 e. The molecule has 2 aromatic rings. The monoisotopic (exact) mass is 478 g/mol. The minimum atomic E-state index is -0.170. The topological polar surface area (TPSA) is 77.5 Å². The van der Waals surface area contributed by atoms with E-state index in [9.17, 15) is 9.59 Å². The number of thioether (sulfide) groups is 1. The summed E-state index contributed by atoms with van der Waals surface area (Å²) in [4.78, 5) is 31.4. The lowest BCUT2D eigenvalue weighted by molar-refractivity contribution is -0.113. The molecule has 3 heterocycles. The number of nitrogens with one attached hydrogen (secondary N) is 1. The van der Waals surface area contributed by atoms with E-state index in [0.717, 1.165) is 36.2 Å². The predicted molar refractivity (Wildman–Crippen MR) is 136 cm³/mol. The lowest BCUT2D eigenvalue weighted by Crippen LogP contribution is -2.20. The van der Waals surface area contributed by atoms with Gasteiger partial charge in [-0.15, -0.1) is 0 Å². The third kappa shape index (κ3) is 6.36. The molecular formula is C27H30N2O4S. The Labute approximate surface area is 204 Å². The molecule has 7 heteroatoms. The first kappa shape index (κ1) is 24.2. The molecule has 0 spiro atoms. The van der Waals surface area contributed by atoms with Gasteiger partial charge in [-0.3, -0.25) is 9.59 Å². The molecule has 34 heavy (non-hydrogen) atoms. The molecule has 1 amide bonds. The fourth-order valence-electron chi connectivity index (χ4n) is 3.94. The third-order valence-electron chi connectivity index (χ3n) is 5.93. The van der Waals surface area contributed by atoms with Crippen molar-refractivity contribution in [3.05, 3.63) is 70.8 Å². The van der Waals surface area contributed by atoms with E-state index in [1.807, 2.05) is 36.6 Å². The number of ether oxygens (including phenoxy) is 2. The number of benzene rings is 1. The Kier molecular flexibility index (Phi) is 8.55. The summed E-state index contributed by atoms with van der Waals surface area (Å²) in [5, 5.41) is 4.91. The van der Waals surface area contributed by atoms with Gasteiger partial charge in [-0.25, -0.2) is 4.98 Å². The van der Waals surface area contributed by atoms with Gasteiger partial charge in [0.05, 0.1) is 12.3 Å². The molecule has 6 nitrogen and oxygen atoms in total. The number of anilines is 1. The molecule has 1 aromatic heterocycles. The zero-order valence-corrected chi connectivity index (χ0v) is 20.2. The summed E-state index contributed by atoms with van der Waals surface area (Å²) in [5.41, 5.74) is 2.83. The van der Waals surface area contributed by atoms with E-state index in [-0.39, 0.29) is 17.6 Å². The molecule has 0 saturated carbocycles. The van der Waals surface area contributed by atoms with Crippen molar-refractivity contribution in [1.29, 1.82) is 0 Å². The zero-order chi connectivity index (χ0) is 23.8. The molecule has 0 saturated heterocycles. The van der Waals surface area contributed by atoms with Crippen molar-refractivity contribution < 1.29 is 19.1 Å². The second-order valence-corrected chi connectivity index (χ2v) is 9.38. The SMILES string of the molecule is CC1CC=C2SC=C1C(=O)Nc1ccccc1C(=O)CCCCCOCCOc1cc2ccn1. The molecule has 1 aromatic carbocycles. The van der Waals surface area contributed by atoms with Crippen LogP contribution in [0.15, 0.2) is 59.7 Å². The molecule has 178 valence electrons. The van der Waals surface area contributed by atoms with Crippen LogP contribution in [0, 0.1) is 5.92 Å². The summed E-state index contributed by atoms with van der Waals surface area (Å²) < 4.78 is 11.4. The maximum atomic E-state index is 13.2. The molecule has 0 fully saturated rings. The number of rotatable bonds is 0. The Morgan fingerprint density at radius 1 is 1.06 bits per heavy atom. The Hall–Kier alpha value is -2.90. The van der Waals surface area contributed by atoms with E-state index in [0.29, 0.717) is 48.9 Å². The van der Waals surface area contributed by atoms with E-state index in [2.05, 4.69) is 16.4 Å². The molecule has 0 aliphatic carbocycles. The van der Waals surface area contributed by atoms with E-state index in [1.165, 1.54) is 11.8 Å². The summed E-state index contributed by atoms with van der Waals surface area (Å²) in [7, 11) is 0. The first-order chi connectivity index (χ1) is 16.6. The molecule has 0 radical (unpaired) electrons. The van der Waals surface area contributed by atoms with Crippen LogP contribution in [-0.2, 0) is 9.53 Å². The first-order valence-electron chi connectivity index (χ1n) is 11.8. The molecule has 4 rings (SSSR count). The largest absolute Gasteiger partial charge is 0.475 e. The summed E-state index contributed by atoms with van der Waals surface area (Å²) >= 11 is 1.52. The van der Waals surface area contributed by atoms with Crippen LogP contribution in [0.1, 0.15) is 54.9 Å². The van der Waals surface area contributed by atoms with Crippen LogP contribution in [0.25, 0.3) is 4.91 Å². The lowest BCUT2D eigenvalue weighted by atomic mass is 9.97. The standard InChI is InChI=1S/C27H30N2O4S/c1-19-10-11-25-20-12-13-28-26(17-20)33-16-15-32-14-6-2-3-9-24(30)21-7-4-5-8-23(21)29-27(31)22(19)18-34-25/h4-5,7-8,11-13,17-19H,2-3,6,9-10,14-16H2,1H3,(H,29,31). The van der Waals surface area contributed by atoms with Gasteiger partial charge in [0.1, 0.15) is 6.61 Å².